The van der Waals surface area contributed by atoms with Crippen molar-refractivity contribution in [3.63, 3.8) is 0 Å². The monoisotopic (exact) mass is 748 g/mol. The van der Waals surface area contributed by atoms with Gasteiger partial charge in [0, 0.05) is 47.3 Å². The molecule has 2 aliphatic heterocycles. The van der Waals surface area contributed by atoms with Gasteiger partial charge in [0.2, 0.25) is 0 Å². The third-order valence-corrected chi connectivity index (χ3v) is 14.9. The minimum Gasteiger partial charge on any atom is -0.481 e. The van der Waals surface area contributed by atoms with Crippen LogP contribution in [-0.4, -0.2) is 58.4 Å². The summed E-state index contributed by atoms with van der Waals surface area (Å²) in [5, 5.41) is 15.7. The predicted molar refractivity (Wildman–Crippen MR) is 205 cm³/mol. The number of rotatable bonds is 5. The number of aliphatic carboxylic acids is 1. The van der Waals surface area contributed by atoms with Crippen molar-refractivity contribution in [1.29, 1.82) is 0 Å². The zero-order chi connectivity index (χ0) is 35.9. The molecule has 268 valence electrons. The number of hydrogen-bond acceptors (Lipinski definition) is 7. The fraction of sp³-hybridized carbons (Fsp3) is 0.410. The van der Waals surface area contributed by atoms with Crippen LogP contribution in [0, 0.1) is 23.0 Å². The standard InChI is InChI=1S/C39H42F2N4O3S3/c1-23(35(46)47)18-24-6-5-7-25(19-24)39(37-50-16-17-51-37)13-12-38(2,3)22-49-15-11-28-27-10-14-42-32(27)21-31(41)33(28)48-26-8-9-30(40)29(20-26)34-43-36(39)44-45(34)4/h5-10,14,19-21,23,37,42H,11-13,15-18,22H2,1-4H3,(H,46,47). The zero-order valence-corrected chi connectivity index (χ0v) is 31.6. The number of thioether (sulfide) groups is 3. The van der Waals surface area contributed by atoms with Crippen molar-refractivity contribution in [3.8, 4) is 22.9 Å². The molecular weight excluding hydrogens is 707 g/mol. The van der Waals surface area contributed by atoms with Gasteiger partial charge in [-0.05, 0) is 78.0 Å². The van der Waals surface area contributed by atoms with E-state index >= 15 is 8.78 Å². The van der Waals surface area contributed by atoms with Crippen LogP contribution in [0.3, 0.4) is 0 Å². The molecule has 2 aromatic heterocycles. The third kappa shape index (κ3) is 7.15. The number of aromatic nitrogens is 4. The number of fused-ring (bicyclic) bond motifs is 8. The van der Waals surface area contributed by atoms with Gasteiger partial charge in [0.25, 0.3) is 0 Å². The molecule has 4 bridgehead atoms. The van der Waals surface area contributed by atoms with Gasteiger partial charge in [0.15, 0.2) is 23.2 Å². The number of aromatic amines is 1. The second kappa shape index (κ2) is 14.5. The van der Waals surface area contributed by atoms with Crippen LogP contribution in [-0.2, 0) is 30.1 Å². The van der Waals surface area contributed by atoms with Gasteiger partial charge in [-0.25, -0.2) is 18.4 Å². The lowest BCUT2D eigenvalue weighted by Gasteiger charge is -2.39. The summed E-state index contributed by atoms with van der Waals surface area (Å²) in [6.45, 7) is 6.31. The maximum absolute atomic E-state index is 15.8. The smallest absolute Gasteiger partial charge is 0.306 e. The molecule has 0 spiro atoms. The first-order valence-electron chi connectivity index (χ1n) is 17.3. The summed E-state index contributed by atoms with van der Waals surface area (Å²) in [6.07, 6.45) is 4.42. The molecule has 0 saturated carbocycles. The number of carboxylic acids is 1. The Kier molecular flexibility index (Phi) is 10.2. The molecule has 0 aliphatic carbocycles. The highest BCUT2D eigenvalue weighted by Crippen LogP contribution is 2.53. The largest absolute Gasteiger partial charge is 0.481 e. The lowest BCUT2D eigenvalue weighted by atomic mass is 9.73. The molecule has 3 aromatic carbocycles. The van der Waals surface area contributed by atoms with E-state index in [4.69, 9.17) is 14.8 Å². The molecule has 0 radical (unpaired) electrons. The van der Waals surface area contributed by atoms with Crippen LogP contribution in [0.2, 0.25) is 0 Å². The van der Waals surface area contributed by atoms with E-state index in [0.29, 0.717) is 35.8 Å². The molecule has 0 amide bonds. The van der Waals surface area contributed by atoms with Crippen molar-refractivity contribution in [2.45, 2.75) is 56.5 Å². The minimum absolute atomic E-state index is 0.0751. The van der Waals surface area contributed by atoms with Gasteiger partial charge in [-0.1, -0.05) is 45.0 Å². The second-order valence-electron chi connectivity index (χ2n) is 14.4. The topological polar surface area (TPSA) is 93.0 Å². The third-order valence-electron chi connectivity index (χ3n) is 10.0. The van der Waals surface area contributed by atoms with Crippen LogP contribution in [0.4, 0.5) is 8.78 Å². The lowest BCUT2D eigenvalue weighted by molar-refractivity contribution is -0.141. The Hall–Kier alpha value is -3.48. The number of nitrogens with zero attached hydrogens (tertiary/aromatic N) is 3. The summed E-state index contributed by atoms with van der Waals surface area (Å²) in [5.74, 6) is 2.72. The molecule has 7 rings (SSSR count). The van der Waals surface area contributed by atoms with E-state index in [1.54, 1.807) is 30.9 Å². The van der Waals surface area contributed by atoms with Crippen molar-refractivity contribution < 1.29 is 23.4 Å². The second-order valence-corrected chi connectivity index (χ2v) is 18.2. The van der Waals surface area contributed by atoms with Crippen LogP contribution >= 0.6 is 35.3 Å². The lowest BCUT2D eigenvalue weighted by Crippen LogP contribution is -2.39. The van der Waals surface area contributed by atoms with E-state index in [-0.39, 0.29) is 21.3 Å². The molecule has 2 unspecified atom stereocenters. The van der Waals surface area contributed by atoms with Gasteiger partial charge in [0.1, 0.15) is 11.6 Å². The van der Waals surface area contributed by atoms with Crippen LogP contribution in [0.15, 0.2) is 60.8 Å². The highest BCUT2D eigenvalue weighted by atomic mass is 32.2. The van der Waals surface area contributed by atoms with Gasteiger partial charge in [-0.2, -0.15) is 16.9 Å². The Balaban J connectivity index is 1.40. The summed E-state index contributed by atoms with van der Waals surface area (Å²) in [6, 6.07) is 16.1. The summed E-state index contributed by atoms with van der Waals surface area (Å²) in [7, 11) is 1.78. The molecule has 7 nitrogen and oxygen atoms in total. The fourth-order valence-electron chi connectivity index (χ4n) is 7.18. The van der Waals surface area contributed by atoms with Crippen molar-refractivity contribution >= 4 is 52.2 Å². The van der Waals surface area contributed by atoms with Gasteiger partial charge < -0.3 is 14.8 Å². The number of carboxylic acid groups (broad SMARTS) is 1. The highest BCUT2D eigenvalue weighted by molar-refractivity contribution is 8.20. The number of H-pyrrole nitrogens is 1. The van der Waals surface area contributed by atoms with E-state index in [9.17, 15) is 9.90 Å². The Morgan fingerprint density at radius 2 is 1.88 bits per heavy atom. The quantitative estimate of drug-likeness (QED) is 0.184. The molecule has 4 heterocycles. The van der Waals surface area contributed by atoms with E-state index < -0.39 is 28.9 Å². The number of benzene rings is 3. The Morgan fingerprint density at radius 1 is 1.08 bits per heavy atom. The molecule has 12 heteroatoms. The van der Waals surface area contributed by atoms with Crippen LogP contribution < -0.4 is 4.74 Å². The number of ether oxygens (including phenoxy) is 1. The summed E-state index contributed by atoms with van der Waals surface area (Å²) in [4.78, 5) is 20.1. The van der Waals surface area contributed by atoms with E-state index in [1.807, 2.05) is 53.5 Å². The van der Waals surface area contributed by atoms with E-state index in [0.717, 1.165) is 57.9 Å². The number of halogens is 2. The van der Waals surface area contributed by atoms with E-state index in [2.05, 4.69) is 31.0 Å². The summed E-state index contributed by atoms with van der Waals surface area (Å²) >= 11 is 5.65. The average Bonchev–Trinajstić information content (AvgIpc) is 3.88. The number of carbonyl (C=O) groups is 1. The van der Waals surface area contributed by atoms with Gasteiger partial charge in [-0.15, -0.1) is 23.5 Å². The first kappa shape index (κ1) is 35.9. The molecule has 5 aromatic rings. The van der Waals surface area contributed by atoms with Crippen molar-refractivity contribution in [3.05, 3.63) is 94.9 Å². The zero-order valence-electron chi connectivity index (χ0n) is 29.2. The number of nitrogens with one attached hydrogen (secondary N) is 1. The van der Waals surface area contributed by atoms with Crippen LogP contribution in [0.1, 0.15) is 56.1 Å². The molecule has 1 fully saturated rings. The summed E-state index contributed by atoms with van der Waals surface area (Å²) in [5.41, 5.74) is 2.96. The normalized spacial score (nSPS) is 20.4. The average molecular weight is 749 g/mol. The maximum Gasteiger partial charge on any atom is 0.306 e. The minimum atomic E-state index is -0.829. The fourth-order valence-corrected chi connectivity index (χ4v) is 11.8. The number of aryl methyl sites for hydroxylation is 2. The van der Waals surface area contributed by atoms with Crippen molar-refractivity contribution in [2.75, 3.05) is 23.0 Å². The maximum atomic E-state index is 15.8. The first-order chi connectivity index (χ1) is 24.4. The summed E-state index contributed by atoms with van der Waals surface area (Å²) < 4.78 is 39.6. The first-order valence-corrected chi connectivity index (χ1v) is 20.5. The highest BCUT2D eigenvalue weighted by Gasteiger charge is 2.48. The Bertz CT molecular complexity index is 2080. The molecule has 2 atom stereocenters. The van der Waals surface area contributed by atoms with Crippen LogP contribution in [0.5, 0.6) is 11.5 Å². The van der Waals surface area contributed by atoms with E-state index in [1.165, 1.54) is 18.2 Å². The SMILES string of the molecule is CC(Cc1cccc(C2(C3SCCS3)CCC(C)(C)CSCCc3c(c(F)cc4[nH]ccc34)Oc3ccc(F)c(c3)-c3nc2nn3C)c1)C(=O)O. The van der Waals surface area contributed by atoms with Gasteiger partial charge >= 0.3 is 5.97 Å². The van der Waals surface area contributed by atoms with Crippen molar-refractivity contribution in [1.82, 2.24) is 19.7 Å². The van der Waals surface area contributed by atoms with Gasteiger partial charge in [-0.3, -0.25) is 4.79 Å². The van der Waals surface area contributed by atoms with Crippen molar-refractivity contribution in [2.24, 2.45) is 18.4 Å². The Labute approximate surface area is 309 Å². The number of hydrogen-bond donors (Lipinski definition) is 2. The predicted octanol–water partition coefficient (Wildman–Crippen LogP) is 9.49. The van der Waals surface area contributed by atoms with Gasteiger partial charge in [0.05, 0.1) is 21.5 Å². The molecule has 2 aliphatic rings. The molecule has 51 heavy (non-hydrogen) atoms. The molecule has 2 N–H and O–H groups in total. The molecule has 1 saturated heterocycles. The molecular formula is C39H42F2N4O3S3. The Morgan fingerprint density at radius 3 is 2.67 bits per heavy atom. The van der Waals surface area contributed by atoms with Crippen LogP contribution in [0.25, 0.3) is 22.3 Å².